The van der Waals surface area contributed by atoms with Gasteiger partial charge in [0.05, 0.1) is 23.8 Å². The minimum absolute atomic E-state index is 0.275. The molecule has 3 N–H and O–H groups in total. The molecule has 0 fully saturated rings. The number of benzene rings is 1. The van der Waals surface area contributed by atoms with Gasteiger partial charge in [-0.2, -0.15) is 0 Å². The Balaban J connectivity index is 2.22. The Bertz CT molecular complexity index is 979. The van der Waals surface area contributed by atoms with Crippen LogP contribution in [0.15, 0.2) is 41.3 Å². The minimum Gasteiger partial charge on any atom is -0.465 e. The fourth-order valence-corrected chi connectivity index (χ4v) is 2.18. The van der Waals surface area contributed by atoms with Gasteiger partial charge in [0.25, 0.3) is 17.2 Å². The summed E-state index contributed by atoms with van der Waals surface area (Å²) >= 11 is 0. The highest BCUT2D eigenvalue weighted by Gasteiger charge is 2.18. The normalized spacial score (nSPS) is 10.1. The van der Waals surface area contributed by atoms with Crippen molar-refractivity contribution in [3.8, 4) is 0 Å². The molecule has 0 saturated heterocycles. The Morgan fingerprint density at radius 3 is 2.41 bits per heavy atom. The number of nitrogens with zero attached hydrogens (tertiary/aromatic N) is 2. The summed E-state index contributed by atoms with van der Waals surface area (Å²) < 4.78 is 5.27. The predicted molar refractivity (Wildman–Crippen MR) is 92.3 cm³/mol. The van der Waals surface area contributed by atoms with Crippen molar-refractivity contribution >= 4 is 29.2 Å². The van der Waals surface area contributed by atoms with Crippen LogP contribution in [0.5, 0.6) is 0 Å². The van der Waals surface area contributed by atoms with E-state index >= 15 is 0 Å². The molecule has 0 aliphatic carbocycles. The van der Waals surface area contributed by atoms with Gasteiger partial charge in [-0.3, -0.25) is 29.1 Å². The number of esters is 1. The summed E-state index contributed by atoms with van der Waals surface area (Å²) in [5, 5.41) is 13.4. The lowest BCUT2D eigenvalue weighted by Crippen LogP contribution is -2.33. The molecule has 0 aliphatic rings. The molecular weight excluding hydrogens is 360 g/mol. The summed E-state index contributed by atoms with van der Waals surface area (Å²) in [5.41, 5.74) is 3.56. The first-order valence-corrected chi connectivity index (χ1v) is 7.40. The van der Waals surface area contributed by atoms with E-state index in [1.54, 1.807) is 0 Å². The molecule has 11 nitrogen and oxygen atoms in total. The van der Waals surface area contributed by atoms with Crippen LogP contribution in [0.2, 0.25) is 0 Å². The molecule has 140 valence electrons. The highest BCUT2D eigenvalue weighted by Crippen LogP contribution is 2.12. The Morgan fingerprint density at radius 1 is 1.26 bits per heavy atom. The third kappa shape index (κ3) is 4.54. The van der Waals surface area contributed by atoms with Crippen molar-refractivity contribution in [1.29, 1.82) is 0 Å². The SMILES string of the molecule is COC(=O)c1ccc(NC(=O)Cn2cc([N+](=O)[O-])cc(C(N)=O)c2=O)cc1. The highest BCUT2D eigenvalue weighted by atomic mass is 16.6. The standard InChI is InChI=1S/C16H14N4O7/c1-27-16(24)9-2-4-10(5-3-9)18-13(21)8-19-7-11(20(25)26)6-12(14(17)22)15(19)23/h2-7H,8H2,1H3,(H2,17,22)(H,18,21). The number of anilines is 1. The lowest BCUT2D eigenvalue weighted by Gasteiger charge is -2.09. The number of aromatic nitrogens is 1. The summed E-state index contributed by atoms with van der Waals surface area (Å²) in [4.78, 5) is 57.0. The van der Waals surface area contributed by atoms with Gasteiger partial charge >= 0.3 is 5.97 Å². The van der Waals surface area contributed by atoms with Crippen molar-refractivity contribution in [2.75, 3.05) is 12.4 Å². The first-order valence-electron chi connectivity index (χ1n) is 7.40. The topological polar surface area (TPSA) is 164 Å². The van der Waals surface area contributed by atoms with E-state index in [-0.39, 0.29) is 5.56 Å². The van der Waals surface area contributed by atoms with Gasteiger partial charge < -0.3 is 15.8 Å². The van der Waals surface area contributed by atoms with Crippen molar-refractivity contribution in [3.05, 3.63) is 68.1 Å². The van der Waals surface area contributed by atoms with Gasteiger partial charge in [-0.25, -0.2) is 4.79 Å². The first-order chi connectivity index (χ1) is 12.7. The van der Waals surface area contributed by atoms with Crippen molar-refractivity contribution in [1.82, 2.24) is 4.57 Å². The molecule has 0 atom stereocenters. The maximum atomic E-state index is 12.1. The summed E-state index contributed by atoms with van der Waals surface area (Å²) in [7, 11) is 1.23. The molecule has 0 unspecified atom stereocenters. The number of rotatable bonds is 6. The van der Waals surface area contributed by atoms with Gasteiger partial charge in [0, 0.05) is 11.8 Å². The number of carbonyl (C=O) groups is 3. The van der Waals surface area contributed by atoms with Crippen LogP contribution < -0.4 is 16.6 Å². The second kappa shape index (κ2) is 7.91. The molecule has 11 heteroatoms. The third-order valence-corrected chi connectivity index (χ3v) is 3.45. The van der Waals surface area contributed by atoms with Crippen LogP contribution in [0.3, 0.4) is 0 Å². The number of nitrogens with one attached hydrogen (secondary N) is 1. The molecule has 2 amide bonds. The van der Waals surface area contributed by atoms with Crippen molar-refractivity contribution < 1.29 is 24.0 Å². The van der Waals surface area contributed by atoms with Gasteiger partial charge in [-0.15, -0.1) is 0 Å². The monoisotopic (exact) mass is 374 g/mol. The average Bonchev–Trinajstić information content (AvgIpc) is 2.62. The van der Waals surface area contributed by atoms with Gasteiger partial charge in [-0.1, -0.05) is 0 Å². The number of primary amides is 1. The second-order valence-corrected chi connectivity index (χ2v) is 5.28. The van der Waals surface area contributed by atoms with E-state index in [1.807, 2.05) is 0 Å². The van der Waals surface area contributed by atoms with Gasteiger partial charge in [0.2, 0.25) is 5.91 Å². The molecule has 1 aromatic carbocycles. The van der Waals surface area contributed by atoms with Crippen LogP contribution >= 0.6 is 0 Å². The quantitative estimate of drug-likeness (QED) is 0.416. The smallest absolute Gasteiger partial charge is 0.337 e. The number of nitro groups is 1. The van der Waals surface area contributed by atoms with Crippen molar-refractivity contribution in [2.24, 2.45) is 5.73 Å². The van der Waals surface area contributed by atoms with Crippen molar-refractivity contribution in [3.63, 3.8) is 0 Å². The van der Waals surface area contributed by atoms with Crippen LogP contribution in [0.1, 0.15) is 20.7 Å². The van der Waals surface area contributed by atoms with Crippen molar-refractivity contribution in [2.45, 2.75) is 6.54 Å². The lowest BCUT2D eigenvalue weighted by molar-refractivity contribution is -0.385. The van der Waals surface area contributed by atoms with Gasteiger partial charge in [0.1, 0.15) is 12.1 Å². The molecule has 0 aliphatic heterocycles. The van der Waals surface area contributed by atoms with E-state index < -0.39 is 46.1 Å². The van der Waals surface area contributed by atoms with E-state index in [0.717, 1.165) is 16.8 Å². The highest BCUT2D eigenvalue weighted by molar-refractivity contribution is 5.94. The summed E-state index contributed by atoms with van der Waals surface area (Å²) in [5.74, 6) is -2.37. The average molecular weight is 374 g/mol. The summed E-state index contributed by atoms with van der Waals surface area (Å²) in [6.45, 7) is -0.584. The molecule has 1 aromatic heterocycles. The molecule has 1 heterocycles. The largest absolute Gasteiger partial charge is 0.465 e. The Hall–Kier alpha value is -4.02. The number of amides is 2. The van der Waals surface area contributed by atoms with E-state index in [2.05, 4.69) is 10.1 Å². The van der Waals surface area contributed by atoms with Gasteiger partial charge in [0.15, 0.2) is 0 Å². The number of nitrogens with two attached hydrogens (primary N) is 1. The second-order valence-electron chi connectivity index (χ2n) is 5.28. The minimum atomic E-state index is -1.14. The van der Waals surface area contributed by atoms with E-state index in [4.69, 9.17) is 5.73 Å². The Morgan fingerprint density at radius 2 is 1.89 bits per heavy atom. The van der Waals surface area contributed by atoms with E-state index in [0.29, 0.717) is 5.69 Å². The molecule has 0 radical (unpaired) electrons. The first kappa shape index (κ1) is 19.3. The van der Waals surface area contributed by atoms with Crippen LogP contribution in [0, 0.1) is 10.1 Å². The fraction of sp³-hybridized carbons (Fsp3) is 0.125. The maximum absolute atomic E-state index is 12.1. The maximum Gasteiger partial charge on any atom is 0.337 e. The number of pyridine rings is 1. The molecule has 0 bridgehead atoms. The molecule has 2 aromatic rings. The Kier molecular flexibility index (Phi) is 5.65. The zero-order valence-corrected chi connectivity index (χ0v) is 14.0. The van der Waals surface area contributed by atoms with Crippen LogP contribution in [-0.2, 0) is 16.1 Å². The zero-order chi connectivity index (χ0) is 20.1. The fourth-order valence-electron chi connectivity index (χ4n) is 2.18. The molecule has 2 rings (SSSR count). The lowest BCUT2D eigenvalue weighted by atomic mass is 10.2. The number of hydrogen-bond donors (Lipinski definition) is 2. The number of hydrogen-bond acceptors (Lipinski definition) is 7. The molecule has 0 saturated carbocycles. The number of ether oxygens (including phenoxy) is 1. The summed E-state index contributed by atoms with van der Waals surface area (Å²) in [6.07, 6.45) is 0.842. The van der Waals surface area contributed by atoms with Crippen LogP contribution in [0.4, 0.5) is 11.4 Å². The van der Waals surface area contributed by atoms with Crippen LogP contribution in [0.25, 0.3) is 0 Å². The summed E-state index contributed by atoms with van der Waals surface area (Å²) in [6, 6.07) is 6.48. The number of carbonyl (C=O) groups excluding carboxylic acids is 3. The van der Waals surface area contributed by atoms with E-state index in [1.165, 1.54) is 31.4 Å². The van der Waals surface area contributed by atoms with Gasteiger partial charge in [-0.05, 0) is 24.3 Å². The molecular formula is C16H14N4O7. The number of methoxy groups -OCH3 is 1. The third-order valence-electron chi connectivity index (χ3n) is 3.45. The Labute approximate surface area is 151 Å². The predicted octanol–water partition coefficient (Wildman–Crippen LogP) is 0.281. The zero-order valence-electron chi connectivity index (χ0n) is 14.0. The van der Waals surface area contributed by atoms with E-state index in [9.17, 15) is 29.3 Å². The van der Waals surface area contributed by atoms with Crippen LogP contribution in [-0.4, -0.2) is 34.4 Å². The molecule has 0 spiro atoms. The molecule has 27 heavy (non-hydrogen) atoms.